The van der Waals surface area contributed by atoms with Gasteiger partial charge >= 0.3 is 0 Å². The Bertz CT molecular complexity index is 990. The normalized spacial score (nSPS) is 28.5. The fraction of sp³-hybridized carbons (Fsp3) is 0.188. The van der Waals surface area contributed by atoms with Gasteiger partial charge < -0.3 is 0 Å². The molecule has 6 atom stereocenters. The van der Waals surface area contributed by atoms with E-state index in [-0.39, 0.29) is 0 Å². The minimum atomic E-state index is 0.577. The molecule has 4 aromatic carbocycles. The molecular formula is C32H28. The zero-order chi connectivity index (χ0) is 21.3. The lowest BCUT2D eigenvalue weighted by Crippen LogP contribution is -1.82. The van der Waals surface area contributed by atoms with Crippen molar-refractivity contribution in [2.24, 2.45) is 11.8 Å². The van der Waals surface area contributed by atoms with Gasteiger partial charge in [-0.3, -0.25) is 0 Å². The Labute approximate surface area is 191 Å². The summed E-state index contributed by atoms with van der Waals surface area (Å²) in [5.41, 5.74) is 5.86. The molecule has 6 rings (SSSR count). The van der Waals surface area contributed by atoms with Crippen molar-refractivity contribution < 1.29 is 0 Å². The van der Waals surface area contributed by atoms with Gasteiger partial charge in [0.2, 0.25) is 0 Å². The van der Waals surface area contributed by atoms with Gasteiger partial charge in [-0.15, -0.1) is 0 Å². The maximum absolute atomic E-state index is 2.54. The van der Waals surface area contributed by atoms with E-state index in [1.807, 2.05) is 0 Å². The first-order valence-electron chi connectivity index (χ1n) is 11.8. The first-order valence-corrected chi connectivity index (χ1v) is 11.8. The van der Waals surface area contributed by atoms with Gasteiger partial charge in [0.1, 0.15) is 0 Å². The lowest BCUT2D eigenvalue weighted by molar-refractivity contribution is 0.948. The number of rotatable bonds is 6. The van der Waals surface area contributed by atoms with E-state index in [1.54, 1.807) is 0 Å². The molecule has 2 aliphatic carbocycles. The largest absolute Gasteiger partial charge is 0.0838 e. The van der Waals surface area contributed by atoms with E-state index in [9.17, 15) is 0 Å². The van der Waals surface area contributed by atoms with Crippen molar-refractivity contribution in [3.05, 3.63) is 156 Å². The van der Waals surface area contributed by atoms with E-state index in [0.717, 1.165) is 0 Å². The van der Waals surface area contributed by atoms with Crippen LogP contribution in [0, 0.1) is 11.8 Å². The highest BCUT2D eigenvalue weighted by atomic mass is 14.6. The summed E-state index contributed by atoms with van der Waals surface area (Å²) in [6.45, 7) is 0. The van der Waals surface area contributed by atoms with Crippen molar-refractivity contribution in [2.75, 3.05) is 0 Å². The zero-order valence-corrected chi connectivity index (χ0v) is 18.2. The molecular weight excluding hydrogens is 384 g/mol. The molecule has 0 spiro atoms. The molecule has 2 aliphatic rings. The molecule has 0 aliphatic heterocycles. The summed E-state index contributed by atoms with van der Waals surface area (Å²) in [5, 5.41) is 0. The molecule has 0 nitrogen and oxygen atoms in total. The second-order valence-corrected chi connectivity index (χ2v) is 9.29. The summed E-state index contributed by atoms with van der Waals surface area (Å²) >= 11 is 0. The van der Waals surface area contributed by atoms with E-state index in [2.05, 4.69) is 133 Å². The van der Waals surface area contributed by atoms with E-state index in [1.165, 1.54) is 22.3 Å². The fourth-order valence-corrected chi connectivity index (χ4v) is 5.82. The summed E-state index contributed by atoms with van der Waals surface area (Å²) in [6, 6.07) is 44.2. The molecule has 0 aromatic heterocycles. The van der Waals surface area contributed by atoms with Crippen LogP contribution >= 0.6 is 0 Å². The average molecular weight is 413 g/mol. The van der Waals surface area contributed by atoms with Crippen molar-refractivity contribution in [2.45, 2.75) is 23.7 Å². The van der Waals surface area contributed by atoms with Gasteiger partial charge in [0.25, 0.3) is 0 Å². The second kappa shape index (κ2) is 8.28. The average Bonchev–Trinajstić information content (AvgIpc) is 3.78. The zero-order valence-electron chi connectivity index (χ0n) is 18.2. The molecule has 2 unspecified atom stereocenters. The minimum Gasteiger partial charge on any atom is -0.0838 e. The Morgan fingerprint density at radius 1 is 0.312 bits per heavy atom. The lowest BCUT2D eigenvalue weighted by atomic mass is 10.0. The van der Waals surface area contributed by atoms with E-state index >= 15 is 0 Å². The van der Waals surface area contributed by atoms with E-state index in [4.69, 9.17) is 0 Å². The van der Waals surface area contributed by atoms with Crippen molar-refractivity contribution in [1.29, 1.82) is 0 Å². The Hall–Kier alpha value is -3.38. The molecule has 0 bridgehead atoms. The van der Waals surface area contributed by atoms with Gasteiger partial charge in [0, 0.05) is 0 Å². The molecule has 4 aromatic rings. The predicted octanol–water partition coefficient (Wildman–Crippen LogP) is 7.94. The van der Waals surface area contributed by atoms with E-state index < -0.39 is 0 Å². The molecule has 0 saturated heterocycles. The van der Waals surface area contributed by atoms with E-state index in [0.29, 0.717) is 35.5 Å². The quantitative estimate of drug-likeness (QED) is 0.282. The van der Waals surface area contributed by atoms with Gasteiger partial charge in [-0.25, -0.2) is 0 Å². The maximum atomic E-state index is 2.54. The van der Waals surface area contributed by atoms with Crippen LogP contribution in [0.15, 0.2) is 133 Å². The summed E-state index contributed by atoms with van der Waals surface area (Å²) in [7, 11) is 0. The number of allylic oxidation sites excluding steroid dienone is 2. The molecule has 0 heterocycles. The Kier molecular flexibility index (Phi) is 5.00. The van der Waals surface area contributed by atoms with Crippen molar-refractivity contribution in [3.63, 3.8) is 0 Å². The van der Waals surface area contributed by atoms with Crippen molar-refractivity contribution in [3.8, 4) is 0 Å². The third-order valence-corrected chi connectivity index (χ3v) is 7.44. The summed E-state index contributed by atoms with van der Waals surface area (Å²) in [6.07, 6.45) is 5.08. The third kappa shape index (κ3) is 3.60. The SMILES string of the molecule is C(=C/C1[C@@H](c2ccccc2)[C@H]1c1ccccc1)/C1[C@@H](c2ccccc2)[C@H]1c1ccccc1. The van der Waals surface area contributed by atoms with Gasteiger partial charge in [-0.05, 0) is 57.8 Å². The Morgan fingerprint density at radius 2 is 0.531 bits per heavy atom. The third-order valence-electron chi connectivity index (χ3n) is 7.44. The number of hydrogen-bond acceptors (Lipinski definition) is 0. The topological polar surface area (TPSA) is 0 Å². The van der Waals surface area contributed by atoms with Crippen LogP contribution in [-0.2, 0) is 0 Å². The highest BCUT2D eigenvalue weighted by Gasteiger charge is 2.53. The molecule has 0 heteroatoms. The van der Waals surface area contributed by atoms with Crippen LogP contribution in [-0.4, -0.2) is 0 Å². The van der Waals surface area contributed by atoms with Crippen LogP contribution in [0.3, 0.4) is 0 Å². The van der Waals surface area contributed by atoms with Gasteiger partial charge in [-0.2, -0.15) is 0 Å². The predicted molar refractivity (Wildman–Crippen MR) is 133 cm³/mol. The van der Waals surface area contributed by atoms with Crippen LogP contribution < -0.4 is 0 Å². The van der Waals surface area contributed by atoms with Gasteiger partial charge in [-0.1, -0.05) is 133 Å². The Balaban J connectivity index is 1.29. The van der Waals surface area contributed by atoms with Crippen molar-refractivity contribution in [1.82, 2.24) is 0 Å². The molecule has 2 fully saturated rings. The molecule has 0 N–H and O–H groups in total. The summed E-state index contributed by atoms with van der Waals surface area (Å²) in [5.74, 6) is 3.48. The lowest BCUT2D eigenvalue weighted by Gasteiger charge is -2.00. The first-order chi connectivity index (χ1) is 15.9. The molecule has 0 radical (unpaired) electrons. The first kappa shape index (κ1) is 19.3. The second-order valence-electron chi connectivity index (χ2n) is 9.29. The maximum Gasteiger partial charge on any atom is -0.00182 e. The Morgan fingerprint density at radius 3 is 0.750 bits per heavy atom. The number of hydrogen-bond donors (Lipinski definition) is 0. The molecule has 0 amide bonds. The standard InChI is InChI=1S/C32H28/c1-5-13-23(14-6-1)29-27(30(29)24-15-7-2-8-16-24)21-22-28-31(25-17-9-3-10-18-25)32(28)26-19-11-4-12-20-26/h1-22,27-32H/b22-21-/t27?,28?,29-,30+,31-,32+. The minimum absolute atomic E-state index is 0.577. The van der Waals surface area contributed by atoms with Crippen molar-refractivity contribution >= 4 is 0 Å². The smallest absolute Gasteiger partial charge is 0.00182 e. The van der Waals surface area contributed by atoms with Crippen LogP contribution in [0.1, 0.15) is 45.9 Å². The monoisotopic (exact) mass is 412 g/mol. The van der Waals surface area contributed by atoms with Crippen LogP contribution in [0.2, 0.25) is 0 Å². The molecule has 32 heavy (non-hydrogen) atoms. The summed E-state index contributed by atoms with van der Waals surface area (Å²) < 4.78 is 0. The van der Waals surface area contributed by atoms with Crippen LogP contribution in [0.5, 0.6) is 0 Å². The fourth-order valence-electron chi connectivity index (χ4n) is 5.82. The van der Waals surface area contributed by atoms with Crippen LogP contribution in [0.25, 0.3) is 0 Å². The highest BCUT2D eigenvalue weighted by molar-refractivity contribution is 5.45. The number of benzene rings is 4. The van der Waals surface area contributed by atoms with Crippen LogP contribution in [0.4, 0.5) is 0 Å². The van der Waals surface area contributed by atoms with Gasteiger partial charge in [0.15, 0.2) is 0 Å². The molecule has 156 valence electrons. The summed E-state index contributed by atoms with van der Waals surface area (Å²) in [4.78, 5) is 0. The van der Waals surface area contributed by atoms with Gasteiger partial charge in [0.05, 0.1) is 0 Å². The highest BCUT2D eigenvalue weighted by Crippen LogP contribution is 2.64. The molecule has 2 saturated carbocycles.